The van der Waals surface area contributed by atoms with Crippen LogP contribution >= 0.6 is 24.0 Å². The summed E-state index contributed by atoms with van der Waals surface area (Å²) in [6.07, 6.45) is 2.22. The molecule has 0 spiro atoms. The van der Waals surface area contributed by atoms with Gasteiger partial charge in [-0.25, -0.2) is 0 Å². The van der Waals surface area contributed by atoms with Crippen molar-refractivity contribution in [2.75, 3.05) is 7.05 Å². The largest absolute Gasteiger partial charge is 0.467 e. The fraction of sp³-hybridized carbons (Fsp3) is 0.312. The molecule has 22 heavy (non-hydrogen) atoms. The summed E-state index contributed by atoms with van der Waals surface area (Å²) in [5.41, 5.74) is 7.15. The summed E-state index contributed by atoms with van der Waals surface area (Å²) in [6.45, 7) is 2.30. The van der Waals surface area contributed by atoms with Crippen molar-refractivity contribution in [3.63, 3.8) is 0 Å². The molecular weight excluding hydrogens is 323 g/mol. The number of carbonyl (C=O) groups excluding carboxylic acids is 1. The number of carbonyl (C=O) groups is 1. The molecule has 1 aromatic carbocycles. The highest BCUT2D eigenvalue weighted by Gasteiger charge is 2.19. The van der Waals surface area contributed by atoms with E-state index in [1.54, 1.807) is 18.0 Å². The summed E-state index contributed by atoms with van der Waals surface area (Å²) in [5.74, 6) is 0.539. The molecule has 4 nitrogen and oxygen atoms in total. The number of hydrogen-bond donors (Lipinski definition) is 1. The lowest BCUT2D eigenvalue weighted by molar-refractivity contribution is 0.0743. The zero-order chi connectivity index (χ0) is 15.4. The summed E-state index contributed by atoms with van der Waals surface area (Å²) in [7, 11) is 1.79. The number of furan rings is 1. The number of nitrogens with two attached hydrogens (primary N) is 1. The van der Waals surface area contributed by atoms with Gasteiger partial charge < -0.3 is 15.1 Å². The normalized spacial score (nSPS) is 11.6. The van der Waals surface area contributed by atoms with Crippen molar-refractivity contribution in [2.45, 2.75) is 25.9 Å². The zero-order valence-electron chi connectivity index (χ0n) is 12.6. The van der Waals surface area contributed by atoms with Gasteiger partial charge in [0.15, 0.2) is 0 Å². The minimum absolute atomic E-state index is 0. The average Bonchev–Trinajstić information content (AvgIpc) is 2.97. The van der Waals surface area contributed by atoms with Crippen LogP contribution in [0.2, 0.25) is 5.02 Å². The third kappa shape index (κ3) is 4.50. The smallest absolute Gasteiger partial charge is 0.257 e. The van der Waals surface area contributed by atoms with Crippen LogP contribution in [0.3, 0.4) is 0 Å². The molecule has 0 aliphatic rings. The molecule has 0 saturated heterocycles. The Bertz CT molecular complexity index is 611. The second-order valence-electron chi connectivity index (χ2n) is 5.10. The Morgan fingerprint density at radius 2 is 2.00 bits per heavy atom. The fourth-order valence-corrected chi connectivity index (χ4v) is 2.23. The monoisotopic (exact) mass is 342 g/mol. The maximum absolute atomic E-state index is 12.4. The highest BCUT2D eigenvalue weighted by atomic mass is 35.5. The highest BCUT2D eigenvalue weighted by Crippen LogP contribution is 2.15. The molecule has 0 bridgehead atoms. The quantitative estimate of drug-likeness (QED) is 0.904. The van der Waals surface area contributed by atoms with Crippen molar-refractivity contribution in [1.82, 2.24) is 4.90 Å². The predicted molar refractivity (Wildman–Crippen MR) is 90.6 cm³/mol. The lowest BCUT2D eigenvalue weighted by Gasteiger charge is -2.24. The Labute approximate surface area is 141 Å². The van der Waals surface area contributed by atoms with Crippen LogP contribution in [-0.4, -0.2) is 23.9 Å². The first-order valence-electron chi connectivity index (χ1n) is 6.80. The number of hydrogen-bond acceptors (Lipinski definition) is 3. The highest BCUT2D eigenvalue weighted by molar-refractivity contribution is 6.30. The van der Waals surface area contributed by atoms with Gasteiger partial charge in [-0.2, -0.15) is 0 Å². The Morgan fingerprint density at radius 1 is 1.36 bits per heavy atom. The maximum atomic E-state index is 12.4. The molecule has 1 amide bonds. The van der Waals surface area contributed by atoms with Crippen LogP contribution in [0.5, 0.6) is 0 Å². The summed E-state index contributed by atoms with van der Waals surface area (Å²) < 4.78 is 5.21. The van der Waals surface area contributed by atoms with Crippen molar-refractivity contribution in [2.24, 2.45) is 5.73 Å². The standard InChI is InChI=1S/C16H19ClN2O2.ClH/c1-11(7-12-3-5-14(17)6-4-12)19(2)16(20)13-8-15(9-18)21-10-13;/h3-6,8,10-11H,7,9,18H2,1-2H3;1H. The molecule has 1 heterocycles. The minimum atomic E-state index is -0.0695. The minimum Gasteiger partial charge on any atom is -0.467 e. The van der Waals surface area contributed by atoms with Gasteiger partial charge in [-0.1, -0.05) is 23.7 Å². The third-order valence-electron chi connectivity index (χ3n) is 3.53. The predicted octanol–water partition coefficient (Wildman–Crippen LogP) is 3.52. The molecule has 2 N–H and O–H groups in total. The molecule has 120 valence electrons. The molecule has 1 aromatic heterocycles. The van der Waals surface area contributed by atoms with E-state index in [1.165, 1.54) is 6.26 Å². The van der Waals surface area contributed by atoms with E-state index in [9.17, 15) is 4.79 Å². The van der Waals surface area contributed by atoms with E-state index in [0.717, 1.165) is 12.0 Å². The molecule has 1 unspecified atom stereocenters. The van der Waals surface area contributed by atoms with Gasteiger partial charge in [0, 0.05) is 18.1 Å². The van der Waals surface area contributed by atoms with Crippen molar-refractivity contribution < 1.29 is 9.21 Å². The maximum Gasteiger partial charge on any atom is 0.257 e. The van der Waals surface area contributed by atoms with Crippen LogP contribution in [-0.2, 0) is 13.0 Å². The van der Waals surface area contributed by atoms with Gasteiger partial charge in [-0.15, -0.1) is 12.4 Å². The van der Waals surface area contributed by atoms with E-state index in [2.05, 4.69) is 0 Å². The van der Waals surface area contributed by atoms with Gasteiger partial charge in [-0.3, -0.25) is 4.79 Å². The summed E-state index contributed by atoms with van der Waals surface area (Å²) in [6, 6.07) is 9.41. The third-order valence-corrected chi connectivity index (χ3v) is 3.78. The molecule has 0 aliphatic heterocycles. The number of benzene rings is 1. The van der Waals surface area contributed by atoms with Gasteiger partial charge in [0.1, 0.15) is 12.0 Å². The first kappa shape index (κ1) is 18.6. The van der Waals surface area contributed by atoms with Crippen molar-refractivity contribution >= 4 is 29.9 Å². The Hall–Kier alpha value is -1.49. The number of amides is 1. The first-order valence-corrected chi connectivity index (χ1v) is 7.18. The molecule has 1 atom stereocenters. The zero-order valence-corrected chi connectivity index (χ0v) is 14.2. The van der Waals surface area contributed by atoms with Gasteiger partial charge in [0.05, 0.1) is 12.1 Å². The number of rotatable bonds is 5. The lowest BCUT2D eigenvalue weighted by Crippen LogP contribution is -2.36. The first-order chi connectivity index (χ1) is 10.0. The van der Waals surface area contributed by atoms with Crippen LogP contribution in [0.4, 0.5) is 0 Å². The van der Waals surface area contributed by atoms with Crippen molar-refractivity contribution in [3.05, 3.63) is 58.5 Å². The molecule has 2 rings (SSSR count). The number of nitrogens with zero attached hydrogens (tertiary/aromatic N) is 1. The van der Waals surface area contributed by atoms with E-state index in [0.29, 0.717) is 16.3 Å². The van der Waals surface area contributed by atoms with Crippen LogP contribution in [0, 0.1) is 0 Å². The van der Waals surface area contributed by atoms with E-state index in [1.807, 2.05) is 31.2 Å². The molecular formula is C16H20Cl2N2O2. The molecule has 0 saturated carbocycles. The van der Waals surface area contributed by atoms with Crippen molar-refractivity contribution in [1.29, 1.82) is 0 Å². The Morgan fingerprint density at radius 3 is 2.55 bits per heavy atom. The van der Waals surface area contributed by atoms with Crippen LogP contribution in [0.15, 0.2) is 41.0 Å². The van der Waals surface area contributed by atoms with Gasteiger partial charge in [0.2, 0.25) is 0 Å². The summed E-state index contributed by atoms with van der Waals surface area (Å²) in [4.78, 5) is 14.1. The molecule has 0 aliphatic carbocycles. The summed E-state index contributed by atoms with van der Waals surface area (Å²) >= 11 is 5.87. The van der Waals surface area contributed by atoms with Gasteiger partial charge >= 0.3 is 0 Å². The van der Waals surface area contributed by atoms with Gasteiger partial charge in [-0.05, 0) is 37.1 Å². The molecule has 0 radical (unpaired) electrons. The van der Waals surface area contributed by atoms with E-state index < -0.39 is 0 Å². The topological polar surface area (TPSA) is 59.5 Å². The lowest BCUT2D eigenvalue weighted by atomic mass is 10.1. The van der Waals surface area contributed by atoms with Crippen molar-refractivity contribution in [3.8, 4) is 0 Å². The van der Waals surface area contributed by atoms with Gasteiger partial charge in [0.25, 0.3) is 5.91 Å². The number of halogens is 2. The van der Waals surface area contributed by atoms with Crippen LogP contribution < -0.4 is 5.73 Å². The molecule has 2 aromatic rings. The SMILES string of the molecule is CC(Cc1ccc(Cl)cc1)N(C)C(=O)c1coc(CN)c1.Cl. The Balaban J connectivity index is 0.00000242. The average molecular weight is 343 g/mol. The van der Waals surface area contributed by atoms with E-state index in [-0.39, 0.29) is 30.9 Å². The molecule has 0 fully saturated rings. The fourth-order valence-electron chi connectivity index (χ4n) is 2.10. The van der Waals surface area contributed by atoms with E-state index >= 15 is 0 Å². The second kappa shape index (κ2) is 8.22. The second-order valence-corrected chi connectivity index (χ2v) is 5.54. The van der Waals surface area contributed by atoms with Crippen LogP contribution in [0.25, 0.3) is 0 Å². The van der Waals surface area contributed by atoms with Crippen LogP contribution in [0.1, 0.15) is 28.6 Å². The Kier molecular flexibility index (Phi) is 6.94. The van der Waals surface area contributed by atoms with E-state index in [4.69, 9.17) is 21.8 Å². The number of likely N-dealkylation sites (N-methyl/N-ethyl adjacent to an activating group) is 1. The summed E-state index contributed by atoms with van der Waals surface area (Å²) in [5, 5.41) is 0.712. The molecule has 6 heteroatoms.